The number of nitrogens with one attached hydrogen (secondary N) is 1. The quantitative estimate of drug-likeness (QED) is 0.742. The Morgan fingerprint density at radius 3 is 2.40 bits per heavy atom. The second-order valence-corrected chi connectivity index (χ2v) is 6.42. The average molecular weight is 331 g/mol. The zero-order chi connectivity index (χ0) is 17.4. The number of phenolic OH excluding ortho intramolecular Hbond substituents is 1. The highest BCUT2D eigenvalue weighted by molar-refractivity contribution is 5.82. The lowest BCUT2D eigenvalue weighted by Gasteiger charge is -2.29. The molecule has 0 amide bonds. The van der Waals surface area contributed by atoms with Gasteiger partial charge in [0.25, 0.3) is 0 Å². The van der Waals surface area contributed by atoms with Crippen molar-refractivity contribution in [1.29, 1.82) is 0 Å². The second kappa shape index (κ2) is 6.06. The standard InChI is InChI=1S/C21H21N3O/c1-15-12-17(14-16-8-4-3-5-9-16)21(25)20(13-15)24-22-18-10-6-7-11-19(18)23(24)2/h3-13,22,25H,14H2,1-2H3. The second-order valence-electron chi connectivity index (χ2n) is 6.42. The Balaban J connectivity index is 1.72. The number of aromatic hydroxyl groups is 1. The maximum Gasteiger partial charge on any atom is 0.146 e. The molecular formula is C21H21N3O. The van der Waals surface area contributed by atoms with Crippen molar-refractivity contribution < 1.29 is 5.11 Å². The fourth-order valence-electron chi connectivity index (χ4n) is 3.31. The van der Waals surface area contributed by atoms with Gasteiger partial charge in [-0.3, -0.25) is 10.4 Å². The molecule has 0 unspecified atom stereocenters. The number of aryl methyl sites for hydroxylation is 1. The van der Waals surface area contributed by atoms with Crippen LogP contribution in [0.3, 0.4) is 0 Å². The van der Waals surface area contributed by atoms with Crippen LogP contribution >= 0.6 is 0 Å². The molecule has 0 saturated carbocycles. The van der Waals surface area contributed by atoms with Gasteiger partial charge in [0.05, 0.1) is 11.4 Å². The van der Waals surface area contributed by atoms with Crippen LogP contribution in [0.4, 0.5) is 17.1 Å². The summed E-state index contributed by atoms with van der Waals surface area (Å²) in [6.07, 6.45) is 0.700. The van der Waals surface area contributed by atoms with E-state index < -0.39 is 0 Å². The van der Waals surface area contributed by atoms with Gasteiger partial charge in [-0.05, 0) is 36.2 Å². The summed E-state index contributed by atoms with van der Waals surface area (Å²) in [6.45, 7) is 2.06. The molecule has 0 fully saturated rings. The molecule has 1 aliphatic rings. The van der Waals surface area contributed by atoms with E-state index in [2.05, 4.69) is 36.6 Å². The van der Waals surface area contributed by atoms with Gasteiger partial charge in [0.2, 0.25) is 0 Å². The lowest BCUT2D eigenvalue weighted by molar-refractivity contribution is 0.469. The SMILES string of the molecule is Cc1cc(Cc2ccccc2)c(O)c(N2Nc3ccccc3N2C)c1. The molecule has 4 nitrogen and oxygen atoms in total. The van der Waals surface area contributed by atoms with Gasteiger partial charge in [0.1, 0.15) is 11.4 Å². The maximum absolute atomic E-state index is 10.9. The van der Waals surface area contributed by atoms with Crippen molar-refractivity contribution >= 4 is 17.1 Å². The Morgan fingerprint density at radius 1 is 0.920 bits per heavy atom. The molecule has 0 aromatic heterocycles. The van der Waals surface area contributed by atoms with Crippen LogP contribution in [0.2, 0.25) is 0 Å². The van der Waals surface area contributed by atoms with Crippen LogP contribution in [0.25, 0.3) is 0 Å². The van der Waals surface area contributed by atoms with Crippen molar-refractivity contribution in [1.82, 2.24) is 0 Å². The van der Waals surface area contributed by atoms with Gasteiger partial charge in [0, 0.05) is 19.0 Å². The molecule has 1 heterocycles. The fourth-order valence-corrected chi connectivity index (χ4v) is 3.31. The number of para-hydroxylation sites is 2. The number of fused-ring (bicyclic) bond motifs is 1. The molecule has 0 radical (unpaired) electrons. The fraction of sp³-hybridized carbons (Fsp3) is 0.143. The summed E-state index contributed by atoms with van der Waals surface area (Å²) in [5.41, 5.74) is 9.43. The minimum atomic E-state index is 0.307. The van der Waals surface area contributed by atoms with Crippen molar-refractivity contribution in [3.8, 4) is 5.75 Å². The van der Waals surface area contributed by atoms with E-state index in [1.165, 1.54) is 5.56 Å². The molecule has 3 aromatic carbocycles. The van der Waals surface area contributed by atoms with Gasteiger partial charge in [-0.15, -0.1) is 0 Å². The van der Waals surface area contributed by atoms with E-state index in [0.717, 1.165) is 28.2 Å². The minimum absolute atomic E-state index is 0.307. The first-order valence-electron chi connectivity index (χ1n) is 8.39. The summed E-state index contributed by atoms with van der Waals surface area (Å²) in [4.78, 5) is 0. The van der Waals surface area contributed by atoms with Gasteiger partial charge < -0.3 is 5.11 Å². The van der Waals surface area contributed by atoms with E-state index in [-0.39, 0.29) is 0 Å². The molecule has 0 spiro atoms. The van der Waals surface area contributed by atoms with E-state index in [0.29, 0.717) is 12.2 Å². The number of benzene rings is 3. The van der Waals surface area contributed by atoms with Crippen LogP contribution in [0.15, 0.2) is 66.7 Å². The Morgan fingerprint density at radius 2 is 1.64 bits per heavy atom. The third-order valence-electron chi connectivity index (χ3n) is 4.56. The van der Waals surface area contributed by atoms with E-state index in [4.69, 9.17) is 0 Å². The van der Waals surface area contributed by atoms with Crippen LogP contribution in [0.5, 0.6) is 5.75 Å². The summed E-state index contributed by atoms with van der Waals surface area (Å²) in [7, 11) is 1.98. The number of rotatable bonds is 3. The van der Waals surface area contributed by atoms with Crippen LogP contribution < -0.4 is 15.6 Å². The number of nitrogens with zero attached hydrogens (tertiary/aromatic N) is 2. The van der Waals surface area contributed by atoms with E-state index >= 15 is 0 Å². The molecule has 4 rings (SSSR count). The zero-order valence-corrected chi connectivity index (χ0v) is 14.4. The van der Waals surface area contributed by atoms with Gasteiger partial charge in [0.15, 0.2) is 0 Å². The third-order valence-corrected chi connectivity index (χ3v) is 4.56. The van der Waals surface area contributed by atoms with E-state index in [1.54, 1.807) is 0 Å². The Kier molecular flexibility index (Phi) is 3.73. The van der Waals surface area contributed by atoms with Crippen molar-refractivity contribution in [3.63, 3.8) is 0 Å². The van der Waals surface area contributed by atoms with Gasteiger partial charge in [-0.25, -0.2) is 0 Å². The van der Waals surface area contributed by atoms with Crippen LogP contribution in [-0.4, -0.2) is 12.2 Å². The van der Waals surface area contributed by atoms with Crippen LogP contribution in [0.1, 0.15) is 16.7 Å². The third kappa shape index (κ3) is 2.76. The highest BCUT2D eigenvalue weighted by Gasteiger charge is 2.26. The van der Waals surface area contributed by atoms with E-state index in [9.17, 15) is 5.11 Å². The lowest BCUT2D eigenvalue weighted by atomic mass is 10.0. The highest BCUT2D eigenvalue weighted by Crippen LogP contribution is 2.40. The van der Waals surface area contributed by atoms with Gasteiger partial charge >= 0.3 is 0 Å². The molecule has 0 saturated heterocycles. The number of hydrazine groups is 2. The molecule has 126 valence electrons. The number of hydrogen-bond acceptors (Lipinski definition) is 4. The Bertz CT molecular complexity index is 908. The first-order valence-corrected chi connectivity index (χ1v) is 8.39. The monoisotopic (exact) mass is 331 g/mol. The van der Waals surface area contributed by atoms with Crippen molar-refractivity contribution in [3.05, 3.63) is 83.4 Å². The van der Waals surface area contributed by atoms with Crippen LogP contribution in [0, 0.1) is 6.92 Å². The van der Waals surface area contributed by atoms with Crippen molar-refractivity contribution in [2.45, 2.75) is 13.3 Å². The number of phenols is 1. The highest BCUT2D eigenvalue weighted by atomic mass is 16.3. The average Bonchev–Trinajstić information content (AvgIpc) is 2.96. The first-order chi connectivity index (χ1) is 12.1. The molecule has 4 heteroatoms. The Labute approximate surface area is 147 Å². The van der Waals surface area contributed by atoms with Crippen LogP contribution in [-0.2, 0) is 6.42 Å². The summed E-state index contributed by atoms with van der Waals surface area (Å²) in [5.74, 6) is 0.307. The van der Waals surface area contributed by atoms with E-state index in [1.807, 2.05) is 59.6 Å². The van der Waals surface area contributed by atoms with Gasteiger partial charge in [-0.1, -0.05) is 48.5 Å². The summed E-state index contributed by atoms with van der Waals surface area (Å²) < 4.78 is 0. The van der Waals surface area contributed by atoms with Gasteiger partial charge in [-0.2, -0.15) is 5.12 Å². The number of anilines is 3. The molecule has 1 aliphatic heterocycles. The van der Waals surface area contributed by atoms with Crippen molar-refractivity contribution in [2.24, 2.45) is 0 Å². The minimum Gasteiger partial charge on any atom is -0.505 e. The molecule has 2 N–H and O–H groups in total. The smallest absolute Gasteiger partial charge is 0.146 e. The molecule has 0 bridgehead atoms. The summed E-state index contributed by atoms with van der Waals surface area (Å²) in [5, 5.41) is 14.8. The predicted molar refractivity (Wildman–Crippen MR) is 103 cm³/mol. The summed E-state index contributed by atoms with van der Waals surface area (Å²) in [6, 6.07) is 22.4. The normalized spacial score (nSPS) is 12.9. The number of hydrogen-bond donors (Lipinski definition) is 2. The first kappa shape index (κ1) is 15.4. The molecule has 0 aliphatic carbocycles. The maximum atomic E-state index is 10.9. The largest absolute Gasteiger partial charge is 0.505 e. The summed E-state index contributed by atoms with van der Waals surface area (Å²) >= 11 is 0. The Hall–Kier alpha value is -3.14. The topological polar surface area (TPSA) is 38.7 Å². The lowest BCUT2D eigenvalue weighted by Crippen LogP contribution is -2.39. The molecular weight excluding hydrogens is 310 g/mol. The van der Waals surface area contributed by atoms with Crippen molar-refractivity contribution in [2.75, 3.05) is 22.6 Å². The molecule has 0 atom stereocenters. The predicted octanol–water partition coefficient (Wildman–Crippen LogP) is 4.49. The molecule has 3 aromatic rings. The molecule has 25 heavy (non-hydrogen) atoms. The zero-order valence-electron chi connectivity index (χ0n) is 14.4.